The summed E-state index contributed by atoms with van der Waals surface area (Å²) in [5, 5.41) is 20.1. The van der Waals surface area contributed by atoms with Crippen LogP contribution in [0.1, 0.15) is 40.8 Å². The second-order valence-corrected chi connectivity index (χ2v) is 9.35. The van der Waals surface area contributed by atoms with Crippen LogP contribution in [0.5, 0.6) is 0 Å². The normalized spacial score (nSPS) is 15.4. The van der Waals surface area contributed by atoms with Crippen LogP contribution in [0.15, 0.2) is 56.6 Å². The summed E-state index contributed by atoms with van der Waals surface area (Å²) in [7, 11) is 0. The summed E-state index contributed by atoms with van der Waals surface area (Å²) < 4.78 is 11.9. The Kier molecular flexibility index (Phi) is 8.03. The molecule has 174 valence electrons. The van der Waals surface area contributed by atoms with Crippen molar-refractivity contribution < 1.29 is 14.3 Å². The van der Waals surface area contributed by atoms with Gasteiger partial charge in [0.15, 0.2) is 0 Å². The number of nitrogens with zero attached hydrogens (tertiary/aromatic N) is 3. The molecule has 9 heteroatoms. The van der Waals surface area contributed by atoms with E-state index in [0.717, 1.165) is 21.3 Å². The zero-order chi connectivity index (χ0) is 25.0. The van der Waals surface area contributed by atoms with Crippen molar-refractivity contribution in [3.05, 3.63) is 79.5 Å². The highest BCUT2D eigenvalue weighted by Gasteiger charge is 2.38. The number of nitriles is 2. The summed E-state index contributed by atoms with van der Waals surface area (Å²) in [5.41, 5.74) is 10.3. The number of esters is 1. The van der Waals surface area contributed by atoms with Gasteiger partial charge in [0.1, 0.15) is 28.5 Å². The third kappa shape index (κ3) is 4.82. The fourth-order valence-corrected chi connectivity index (χ4v) is 5.20. The average molecular weight is 539 g/mol. The summed E-state index contributed by atoms with van der Waals surface area (Å²) >= 11 is 4.79. The van der Waals surface area contributed by atoms with Crippen molar-refractivity contribution in [1.82, 2.24) is 4.98 Å². The molecular formula is C25H23BrN4O3S. The highest BCUT2D eigenvalue weighted by Crippen LogP contribution is 2.43. The lowest BCUT2D eigenvalue weighted by molar-refractivity contribution is -0.139. The number of thioether (sulfide) groups is 1. The number of pyridine rings is 1. The molecule has 2 aromatic rings. The molecule has 1 aromatic heterocycles. The van der Waals surface area contributed by atoms with Crippen LogP contribution in [0.25, 0.3) is 0 Å². The molecule has 0 amide bonds. The molecule has 34 heavy (non-hydrogen) atoms. The van der Waals surface area contributed by atoms with Gasteiger partial charge in [0, 0.05) is 10.2 Å². The molecule has 0 fully saturated rings. The summed E-state index contributed by atoms with van der Waals surface area (Å²) in [6, 6.07) is 11.6. The van der Waals surface area contributed by atoms with E-state index in [1.807, 2.05) is 45.0 Å². The molecule has 2 N–H and O–H groups in total. The van der Waals surface area contributed by atoms with Crippen LogP contribution in [0.4, 0.5) is 0 Å². The number of aryl methyl sites for hydroxylation is 1. The zero-order valence-corrected chi connectivity index (χ0v) is 21.6. The van der Waals surface area contributed by atoms with Crippen LogP contribution in [-0.2, 0) is 14.3 Å². The van der Waals surface area contributed by atoms with Crippen LogP contribution >= 0.6 is 27.7 Å². The highest BCUT2D eigenvalue weighted by atomic mass is 79.9. The van der Waals surface area contributed by atoms with Gasteiger partial charge >= 0.3 is 5.97 Å². The molecule has 0 aliphatic carbocycles. The van der Waals surface area contributed by atoms with Gasteiger partial charge in [-0.1, -0.05) is 45.9 Å². The molecular weight excluding hydrogens is 516 g/mol. The number of carbonyl (C=O) groups excluding carboxylic acids is 1. The molecule has 3 rings (SSSR count). The minimum Gasteiger partial charge on any atom is -0.463 e. The van der Waals surface area contributed by atoms with Crippen LogP contribution in [0.2, 0.25) is 0 Å². The molecule has 0 saturated carbocycles. The molecule has 0 unspecified atom stereocenters. The summed E-state index contributed by atoms with van der Waals surface area (Å²) in [5.74, 6) is -1.00. The van der Waals surface area contributed by atoms with E-state index in [9.17, 15) is 15.3 Å². The number of rotatable bonds is 6. The van der Waals surface area contributed by atoms with Crippen LogP contribution in [0.3, 0.4) is 0 Å². The standard InChI is InChI=1S/C25H23BrN4O3S/c1-5-32-25(31)22-20(12-34-24-17(10-27)14(3)13(2)15(4)30-24)33-23(29)18(11-28)21(22)16-8-6-7-9-19(16)26/h6-9,21H,5,12,29H2,1-4H3/t21-/m1/s1. The maximum absolute atomic E-state index is 13.1. The number of carbonyl (C=O) groups is 1. The molecule has 0 saturated heterocycles. The van der Waals surface area contributed by atoms with E-state index < -0.39 is 11.9 Å². The number of ether oxygens (including phenoxy) is 2. The first-order valence-corrected chi connectivity index (χ1v) is 12.3. The lowest BCUT2D eigenvalue weighted by Gasteiger charge is -2.28. The first kappa shape index (κ1) is 25.4. The molecule has 1 aliphatic heterocycles. The quantitative estimate of drug-likeness (QED) is 0.400. The second kappa shape index (κ2) is 10.8. The number of allylic oxidation sites excluding steroid dienone is 1. The van der Waals surface area contributed by atoms with Crippen molar-refractivity contribution in [1.29, 1.82) is 10.5 Å². The van der Waals surface area contributed by atoms with E-state index in [-0.39, 0.29) is 35.1 Å². The average Bonchev–Trinajstić information content (AvgIpc) is 2.81. The lowest BCUT2D eigenvalue weighted by atomic mass is 9.83. The molecule has 1 atom stereocenters. The van der Waals surface area contributed by atoms with Gasteiger partial charge in [0.05, 0.1) is 29.4 Å². The Morgan fingerprint density at radius 2 is 1.94 bits per heavy atom. The maximum atomic E-state index is 13.1. The molecule has 0 radical (unpaired) electrons. The van der Waals surface area contributed by atoms with Crippen molar-refractivity contribution in [2.24, 2.45) is 5.73 Å². The van der Waals surface area contributed by atoms with E-state index in [4.69, 9.17) is 15.2 Å². The van der Waals surface area contributed by atoms with Crippen molar-refractivity contribution in [3.8, 4) is 12.1 Å². The highest BCUT2D eigenvalue weighted by molar-refractivity contribution is 9.10. The second-order valence-electron chi connectivity index (χ2n) is 7.53. The number of hydrogen-bond acceptors (Lipinski definition) is 8. The fourth-order valence-electron chi connectivity index (χ4n) is 3.66. The van der Waals surface area contributed by atoms with Gasteiger partial charge < -0.3 is 15.2 Å². The van der Waals surface area contributed by atoms with Gasteiger partial charge in [0.2, 0.25) is 5.88 Å². The Morgan fingerprint density at radius 3 is 2.56 bits per heavy atom. The van der Waals surface area contributed by atoms with E-state index in [0.29, 0.717) is 16.2 Å². The smallest absolute Gasteiger partial charge is 0.338 e. The van der Waals surface area contributed by atoms with E-state index in [1.165, 1.54) is 11.8 Å². The Labute approximate surface area is 211 Å². The fraction of sp³-hybridized carbons (Fsp3) is 0.280. The van der Waals surface area contributed by atoms with Crippen molar-refractivity contribution >= 4 is 33.7 Å². The number of aromatic nitrogens is 1. The summed E-state index contributed by atoms with van der Waals surface area (Å²) in [4.78, 5) is 17.7. The number of benzene rings is 1. The van der Waals surface area contributed by atoms with Crippen molar-refractivity contribution in [2.45, 2.75) is 38.6 Å². The van der Waals surface area contributed by atoms with Crippen molar-refractivity contribution in [2.75, 3.05) is 12.4 Å². The molecule has 2 heterocycles. The lowest BCUT2D eigenvalue weighted by Crippen LogP contribution is -2.27. The van der Waals surface area contributed by atoms with E-state index in [2.05, 4.69) is 33.1 Å². The van der Waals surface area contributed by atoms with Crippen molar-refractivity contribution in [3.63, 3.8) is 0 Å². The molecule has 0 bridgehead atoms. The molecule has 1 aromatic carbocycles. The minimum atomic E-state index is -0.770. The van der Waals surface area contributed by atoms with Gasteiger partial charge in [-0.15, -0.1) is 0 Å². The topological polar surface area (TPSA) is 122 Å². The molecule has 1 aliphatic rings. The Hall–Kier alpha value is -3.27. The van der Waals surface area contributed by atoms with E-state index >= 15 is 0 Å². The van der Waals surface area contributed by atoms with Gasteiger partial charge in [-0.25, -0.2) is 9.78 Å². The van der Waals surface area contributed by atoms with Gasteiger partial charge in [-0.2, -0.15) is 10.5 Å². The number of hydrogen-bond donors (Lipinski definition) is 1. The summed E-state index contributed by atoms with van der Waals surface area (Å²) in [6.07, 6.45) is 0. The molecule has 0 spiro atoms. The summed E-state index contributed by atoms with van der Waals surface area (Å²) in [6.45, 7) is 7.56. The van der Waals surface area contributed by atoms with Crippen LogP contribution in [-0.4, -0.2) is 23.3 Å². The van der Waals surface area contributed by atoms with Crippen LogP contribution in [0, 0.1) is 43.4 Å². The minimum absolute atomic E-state index is 0.0726. The first-order valence-electron chi connectivity index (χ1n) is 10.5. The monoisotopic (exact) mass is 538 g/mol. The van der Waals surface area contributed by atoms with E-state index in [1.54, 1.807) is 6.92 Å². The van der Waals surface area contributed by atoms with Crippen LogP contribution < -0.4 is 5.73 Å². The predicted molar refractivity (Wildman–Crippen MR) is 132 cm³/mol. The van der Waals surface area contributed by atoms with Gasteiger partial charge in [-0.3, -0.25) is 0 Å². The largest absolute Gasteiger partial charge is 0.463 e. The zero-order valence-electron chi connectivity index (χ0n) is 19.2. The first-order chi connectivity index (χ1) is 16.2. The maximum Gasteiger partial charge on any atom is 0.338 e. The molecule has 7 nitrogen and oxygen atoms in total. The third-order valence-electron chi connectivity index (χ3n) is 5.62. The number of halogens is 1. The third-order valence-corrected chi connectivity index (χ3v) is 7.32. The predicted octanol–water partition coefficient (Wildman–Crippen LogP) is 5.06. The SMILES string of the molecule is CCOC(=O)C1=C(CSc2nc(C)c(C)c(C)c2C#N)OC(N)=C(C#N)[C@H]1c1ccccc1Br. The Morgan fingerprint density at radius 1 is 1.24 bits per heavy atom. The Balaban J connectivity index is 2.14. The van der Waals surface area contributed by atoms with Gasteiger partial charge in [0.25, 0.3) is 0 Å². The van der Waals surface area contributed by atoms with Gasteiger partial charge in [-0.05, 0) is 50.5 Å². The Bertz CT molecular complexity index is 1300. The number of nitrogens with two attached hydrogens (primary N) is 1.